The summed E-state index contributed by atoms with van der Waals surface area (Å²) in [5.41, 5.74) is 3.38. The molecule has 0 amide bonds. The minimum Gasteiger partial charge on any atom is -0.308 e. The molecule has 2 aliphatic carbocycles. The fourth-order valence-electron chi connectivity index (χ4n) is 2.78. The Morgan fingerprint density at radius 1 is 1.50 bits per heavy atom. The summed E-state index contributed by atoms with van der Waals surface area (Å²) in [7, 11) is 0. The van der Waals surface area contributed by atoms with Crippen LogP contribution in [0.2, 0.25) is 0 Å². The number of nitrogens with zero attached hydrogens (tertiary/aromatic N) is 1. The summed E-state index contributed by atoms with van der Waals surface area (Å²) in [4.78, 5) is 4.53. The molecule has 2 aliphatic rings. The molecule has 2 nitrogen and oxygen atoms in total. The van der Waals surface area contributed by atoms with Crippen LogP contribution in [-0.4, -0.2) is 11.5 Å². The Balaban J connectivity index is 1.65. The number of hydrogen-bond acceptors (Lipinski definition) is 2. The third-order valence-corrected chi connectivity index (χ3v) is 4.39. The van der Waals surface area contributed by atoms with Gasteiger partial charge in [-0.25, -0.2) is 0 Å². The van der Waals surface area contributed by atoms with E-state index in [1.54, 1.807) is 0 Å². The van der Waals surface area contributed by atoms with Gasteiger partial charge in [0.05, 0.1) is 11.7 Å². The van der Waals surface area contributed by atoms with E-state index in [0.717, 1.165) is 0 Å². The van der Waals surface area contributed by atoms with Gasteiger partial charge in [0, 0.05) is 12.7 Å². The van der Waals surface area contributed by atoms with Crippen LogP contribution in [0.3, 0.4) is 0 Å². The highest BCUT2D eigenvalue weighted by Gasteiger charge is 2.41. The number of fused-ring (bicyclic) bond motifs is 1. The maximum atomic E-state index is 4.53. The summed E-state index contributed by atoms with van der Waals surface area (Å²) in [5.74, 6) is 0. The van der Waals surface area contributed by atoms with Crippen LogP contribution >= 0.6 is 0 Å². The molecule has 2 heteroatoms. The second-order valence-electron chi connectivity index (χ2n) is 5.37. The van der Waals surface area contributed by atoms with Crippen molar-refractivity contribution in [1.82, 2.24) is 10.3 Å². The average Bonchev–Trinajstić information content (AvgIpc) is 3.01. The molecule has 1 aromatic rings. The van der Waals surface area contributed by atoms with Crippen molar-refractivity contribution in [2.45, 2.75) is 45.1 Å². The van der Waals surface area contributed by atoms with E-state index < -0.39 is 0 Å². The molecule has 0 radical (unpaired) electrons. The molecule has 1 N–H and O–H groups in total. The molecule has 0 aliphatic heterocycles. The highest BCUT2D eigenvalue weighted by Crippen LogP contribution is 2.48. The second kappa shape index (κ2) is 3.85. The van der Waals surface area contributed by atoms with Crippen molar-refractivity contribution in [3.63, 3.8) is 0 Å². The quantitative estimate of drug-likeness (QED) is 0.837. The predicted octanol–water partition coefficient (Wildman–Crippen LogP) is 2.85. The number of nitrogens with one attached hydrogen (secondary N) is 1. The van der Waals surface area contributed by atoms with Gasteiger partial charge in [0.25, 0.3) is 0 Å². The third-order valence-electron chi connectivity index (χ3n) is 4.39. The van der Waals surface area contributed by atoms with Gasteiger partial charge in [-0.2, -0.15) is 0 Å². The molecule has 86 valence electrons. The summed E-state index contributed by atoms with van der Waals surface area (Å²) >= 11 is 0. The topological polar surface area (TPSA) is 24.9 Å². The monoisotopic (exact) mass is 216 g/mol. The minimum atomic E-state index is 0.514. The Hall–Kier alpha value is -0.890. The van der Waals surface area contributed by atoms with Crippen molar-refractivity contribution in [2.75, 3.05) is 6.54 Å². The molecular formula is C14H20N2. The van der Waals surface area contributed by atoms with Crippen molar-refractivity contribution >= 4 is 0 Å². The SMILES string of the molecule is CCC1(CNC2CCc3cccnc32)CC1. The molecule has 0 spiro atoms. The molecular weight excluding hydrogens is 196 g/mol. The first-order valence-corrected chi connectivity index (χ1v) is 6.50. The van der Waals surface area contributed by atoms with Crippen LogP contribution in [0.25, 0.3) is 0 Å². The van der Waals surface area contributed by atoms with Crippen LogP contribution < -0.4 is 5.32 Å². The van der Waals surface area contributed by atoms with Crippen LogP contribution in [0.4, 0.5) is 0 Å². The lowest BCUT2D eigenvalue weighted by molar-refractivity contribution is 0.400. The molecule has 1 aromatic heterocycles. The number of rotatable bonds is 4. The molecule has 1 atom stereocenters. The first-order chi connectivity index (χ1) is 7.83. The molecule has 1 heterocycles. The molecule has 1 fully saturated rings. The van der Waals surface area contributed by atoms with Crippen LogP contribution in [-0.2, 0) is 6.42 Å². The van der Waals surface area contributed by atoms with E-state index in [-0.39, 0.29) is 0 Å². The van der Waals surface area contributed by atoms with Crippen LogP contribution in [0, 0.1) is 5.41 Å². The zero-order chi connectivity index (χ0) is 11.0. The van der Waals surface area contributed by atoms with Crippen molar-refractivity contribution in [3.05, 3.63) is 29.6 Å². The van der Waals surface area contributed by atoms with Crippen molar-refractivity contribution in [3.8, 4) is 0 Å². The minimum absolute atomic E-state index is 0.514. The van der Waals surface area contributed by atoms with Crippen LogP contribution in [0.5, 0.6) is 0 Å². The first-order valence-electron chi connectivity index (χ1n) is 6.50. The summed E-state index contributed by atoms with van der Waals surface area (Å²) in [5, 5.41) is 3.73. The number of aryl methyl sites for hydroxylation is 1. The standard InChI is InChI=1S/C14H20N2/c1-2-14(7-8-14)10-16-12-6-5-11-4-3-9-15-13(11)12/h3-4,9,12,16H,2,5-8,10H2,1H3. The molecule has 3 rings (SSSR count). The Kier molecular flexibility index (Phi) is 2.47. The van der Waals surface area contributed by atoms with Crippen molar-refractivity contribution < 1.29 is 0 Å². The van der Waals surface area contributed by atoms with E-state index in [0.29, 0.717) is 11.5 Å². The van der Waals surface area contributed by atoms with Gasteiger partial charge in [-0.05, 0) is 49.1 Å². The summed E-state index contributed by atoms with van der Waals surface area (Å²) < 4.78 is 0. The van der Waals surface area contributed by atoms with E-state index in [2.05, 4.69) is 29.4 Å². The third kappa shape index (κ3) is 1.75. The van der Waals surface area contributed by atoms with Gasteiger partial charge in [-0.15, -0.1) is 0 Å². The van der Waals surface area contributed by atoms with E-state index in [1.165, 1.54) is 49.9 Å². The van der Waals surface area contributed by atoms with Gasteiger partial charge >= 0.3 is 0 Å². The molecule has 0 bridgehead atoms. The van der Waals surface area contributed by atoms with Gasteiger partial charge in [-0.3, -0.25) is 4.98 Å². The fraction of sp³-hybridized carbons (Fsp3) is 0.643. The summed E-state index contributed by atoms with van der Waals surface area (Å²) in [6.07, 6.45) is 8.50. The summed E-state index contributed by atoms with van der Waals surface area (Å²) in [6, 6.07) is 4.78. The molecule has 16 heavy (non-hydrogen) atoms. The zero-order valence-corrected chi connectivity index (χ0v) is 10.00. The highest BCUT2D eigenvalue weighted by atomic mass is 15.0. The lowest BCUT2D eigenvalue weighted by Crippen LogP contribution is -2.27. The average molecular weight is 216 g/mol. The van der Waals surface area contributed by atoms with Gasteiger partial charge in [-0.1, -0.05) is 13.0 Å². The molecule has 1 saturated carbocycles. The van der Waals surface area contributed by atoms with E-state index in [4.69, 9.17) is 0 Å². The van der Waals surface area contributed by atoms with E-state index in [9.17, 15) is 0 Å². The number of aromatic nitrogens is 1. The maximum Gasteiger partial charge on any atom is 0.0605 e. The highest BCUT2D eigenvalue weighted by molar-refractivity contribution is 5.27. The fourth-order valence-corrected chi connectivity index (χ4v) is 2.78. The van der Waals surface area contributed by atoms with Crippen LogP contribution in [0.15, 0.2) is 18.3 Å². The van der Waals surface area contributed by atoms with Crippen LogP contribution in [0.1, 0.15) is 49.9 Å². The maximum absolute atomic E-state index is 4.53. The van der Waals surface area contributed by atoms with E-state index in [1.807, 2.05) is 6.20 Å². The number of pyridine rings is 1. The van der Waals surface area contributed by atoms with Gasteiger partial charge in [0.2, 0.25) is 0 Å². The van der Waals surface area contributed by atoms with Gasteiger partial charge in [0.1, 0.15) is 0 Å². The Bertz CT molecular complexity index is 382. The second-order valence-corrected chi connectivity index (χ2v) is 5.37. The number of hydrogen-bond donors (Lipinski definition) is 1. The van der Waals surface area contributed by atoms with Gasteiger partial charge in [0.15, 0.2) is 0 Å². The first kappa shape index (κ1) is 10.3. The molecule has 0 saturated heterocycles. The predicted molar refractivity (Wildman–Crippen MR) is 65.3 cm³/mol. The van der Waals surface area contributed by atoms with Crippen molar-refractivity contribution in [1.29, 1.82) is 0 Å². The largest absolute Gasteiger partial charge is 0.308 e. The lowest BCUT2D eigenvalue weighted by atomic mass is 10.0. The molecule has 1 unspecified atom stereocenters. The van der Waals surface area contributed by atoms with Crippen molar-refractivity contribution in [2.24, 2.45) is 5.41 Å². The Labute approximate surface area is 97.5 Å². The Morgan fingerprint density at radius 2 is 2.38 bits per heavy atom. The zero-order valence-electron chi connectivity index (χ0n) is 10.00. The molecule has 0 aromatic carbocycles. The smallest absolute Gasteiger partial charge is 0.0605 e. The lowest BCUT2D eigenvalue weighted by Gasteiger charge is -2.18. The normalized spacial score (nSPS) is 25.4. The Morgan fingerprint density at radius 3 is 3.12 bits per heavy atom. The van der Waals surface area contributed by atoms with Gasteiger partial charge < -0.3 is 5.32 Å². The van der Waals surface area contributed by atoms with E-state index >= 15 is 0 Å². The summed E-state index contributed by atoms with van der Waals surface area (Å²) in [6.45, 7) is 3.50.